The fourth-order valence-corrected chi connectivity index (χ4v) is 2.49. The highest BCUT2D eigenvalue weighted by molar-refractivity contribution is 5.81. The normalized spacial score (nSPS) is 10.8. The standard InChI is InChI=1S/C17H18N4/c1-3-13-16(19-11-20-17(13)18-4-2)15-10-9-12-7-5-6-8-14(12)21-15/h5-11H,3-4H2,1-2H3,(H,18,19,20). The quantitative estimate of drug-likeness (QED) is 0.791. The Kier molecular flexibility index (Phi) is 3.77. The summed E-state index contributed by atoms with van der Waals surface area (Å²) in [6.45, 7) is 5.02. The molecule has 0 saturated carbocycles. The molecular weight excluding hydrogens is 260 g/mol. The van der Waals surface area contributed by atoms with Gasteiger partial charge in [0.1, 0.15) is 12.1 Å². The Labute approximate surface area is 124 Å². The maximum absolute atomic E-state index is 4.74. The van der Waals surface area contributed by atoms with Crippen LogP contribution in [0.5, 0.6) is 0 Å². The van der Waals surface area contributed by atoms with Gasteiger partial charge in [0.2, 0.25) is 0 Å². The number of aromatic nitrogens is 3. The van der Waals surface area contributed by atoms with Crippen molar-refractivity contribution in [2.24, 2.45) is 0 Å². The summed E-state index contributed by atoms with van der Waals surface area (Å²) in [5, 5.41) is 4.43. The molecular formula is C17H18N4. The molecule has 1 N–H and O–H groups in total. The van der Waals surface area contributed by atoms with Gasteiger partial charge in [-0.25, -0.2) is 15.0 Å². The van der Waals surface area contributed by atoms with Gasteiger partial charge >= 0.3 is 0 Å². The zero-order valence-corrected chi connectivity index (χ0v) is 12.3. The van der Waals surface area contributed by atoms with Crippen LogP contribution in [0.1, 0.15) is 19.4 Å². The minimum Gasteiger partial charge on any atom is -0.370 e. The number of hydrogen-bond donors (Lipinski definition) is 1. The van der Waals surface area contributed by atoms with Gasteiger partial charge in [-0.2, -0.15) is 0 Å². The second kappa shape index (κ2) is 5.87. The first-order chi connectivity index (χ1) is 10.3. The second-order valence-corrected chi connectivity index (χ2v) is 4.82. The first-order valence-electron chi connectivity index (χ1n) is 7.27. The molecule has 0 amide bonds. The van der Waals surface area contributed by atoms with E-state index in [0.717, 1.165) is 46.6 Å². The van der Waals surface area contributed by atoms with E-state index >= 15 is 0 Å². The number of benzene rings is 1. The first kappa shape index (κ1) is 13.5. The largest absolute Gasteiger partial charge is 0.370 e. The van der Waals surface area contributed by atoms with Crippen LogP contribution in [-0.4, -0.2) is 21.5 Å². The third-order valence-corrected chi connectivity index (χ3v) is 3.48. The number of fused-ring (bicyclic) bond motifs is 1. The molecule has 0 atom stereocenters. The van der Waals surface area contributed by atoms with Gasteiger partial charge in [-0.3, -0.25) is 0 Å². The second-order valence-electron chi connectivity index (χ2n) is 4.82. The highest BCUT2D eigenvalue weighted by atomic mass is 15.0. The molecule has 2 heterocycles. The monoisotopic (exact) mass is 278 g/mol. The van der Waals surface area contributed by atoms with Gasteiger partial charge in [0, 0.05) is 17.5 Å². The Morgan fingerprint density at radius 1 is 1.00 bits per heavy atom. The lowest BCUT2D eigenvalue weighted by atomic mass is 10.1. The maximum Gasteiger partial charge on any atom is 0.133 e. The predicted molar refractivity (Wildman–Crippen MR) is 86.3 cm³/mol. The summed E-state index contributed by atoms with van der Waals surface area (Å²) in [4.78, 5) is 13.5. The number of para-hydroxylation sites is 1. The molecule has 2 aromatic heterocycles. The number of anilines is 1. The van der Waals surface area contributed by atoms with E-state index in [9.17, 15) is 0 Å². The molecule has 3 rings (SSSR count). The molecule has 0 radical (unpaired) electrons. The highest BCUT2D eigenvalue weighted by Crippen LogP contribution is 2.26. The van der Waals surface area contributed by atoms with Crippen molar-refractivity contribution in [3.05, 3.63) is 48.3 Å². The lowest BCUT2D eigenvalue weighted by molar-refractivity contribution is 1.02. The highest BCUT2D eigenvalue weighted by Gasteiger charge is 2.12. The molecule has 0 unspecified atom stereocenters. The van der Waals surface area contributed by atoms with E-state index in [1.807, 2.05) is 24.3 Å². The summed E-state index contributed by atoms with van der Waals surface area (Å²) in [6, 6.07) is 12.2. The average Bonchev–Trinajstić information content (AvgIpc) is 2.54. The minimum absolute atomic E-state index is 0.842. The van der Waals surface area contributed by atoms with Crippen LogP contribution >= 0.6 is 0 Å². The van der Waals surface area contributed by atoms with E-state index in [2.05, 4.69) is 41.3 Å². The van der Waals surface area contributed by atoms with Crippen LogP contribution in [0, 0.1) is 0 Å². The number of hydrogen-bond acceptors (Lipinski definition) is 4. The van der Waals surface area contributed by atoms with Crippen LogP contribution in [0.3, 0.4) is 0 Å². The minimum atomic E-state index is 0.842. The third kappa shape index (κ3) is 2.57. The van der Waals surface area contributed by atoms with Gasteiger partial charge in [0.15, 0.2) is 0 Å². The topological polar surface area (TPSA) is 50.7 Å². The summed E-state index contributed by atoms with van der Waals surface area (Å²) in [6.07, 6.45) is 2.47. The van der Waals surface area contributed by atoms with Crippen LogP contribution in [-0.2, 0) is 6.42 Å². The van der Waals surface area contributed by atoms with E-state index < -0.39 is 0 Å². The van der Waals surface area contributed by atoms with Crippen LogP contribution in [0.4, 0.5) is 5.82 Å². The summed E-state index contributed by atoms with van der Waals surface area (Å²) < 4.78 is 0. The molecule has 1 aromatic carbocycles. The number of pyridine rings is 1. The Morgan fingerprint density at radius 2 is 1.86 bits per heavy atom. The fourth-order valence-electron chi connectivity index (χ4n) is 2.49. The molecule has 4 heteroatoms. The molecule has 0 spiro atoms. The van der Waals surface area contributed by atoms with E-state index in [1.165, 1.54) is 0 Å². The van der Waals surface area contributed by atoms with Gasteiger partial charge < -0.3 is 5.32 Å². The molecule has 0 aliphatic heterocycles. The van der Waals surface area contributed by atoms with Gasteiger partial charge in [0.25, 0.3) is 0 Å². The van der Waals surface area contributed by atoms with Crippen LogP contribution < -0.4 is 5.32 Å². The van der Waals surface area contributed by atoms with Crippen molar-refractivity contribution in [2.45, 2.75) is 20.3 Å². The zero-order chi connectivity index (χ0) is 14.7. The Morgan fingerprint density at radius 3 is 2.67 bits per heavy atom. The van der Waals surface area contributed by atoms with Crippen molar-refractivity contribution in [3.63, 3.8) is 0 Å². The molecule has 0 aliphatic rings. The number of nitrogens with one attached hydrogen (secondary N) is 1. The van der Waals surface area contributed by atoms with Crippen molar-refractivity contribution >= 4 is 16.7 Å². The molecule has 0 aliphatic carbocycles. The Bertz CT molecular complexity index is 768. The summed E-state index contributed by atoms with van der Waals surface area (Å²) in [5.41, 5.74) is 3.91. The first-order valence-corrected chi connectivity index (χ1v) is 7.27. The van der Waals surface area contributed by atoms with Crippen LogP contribution in [0.25, 0.3) is 22.3 Å². The van der Waals surface area contributed by atoms with Gasteiger partial charge in [-0.15, -0.1) is 0 Å². The van der Waals surface area contributed by atoms with Gasteiger partial charge in [-0.05, 0) is 25.5 Å². The summed E-state index contributed by atoms with van der Waals surface area (Å²) in [5.74, 6) is 0.903. The number of rotatable bonds is 4. The summed E-state index contributed by atoms with van der Waals surface area (Å²) >= 11 is 0. The maximum atomic E-state index is 4.74. The van der Waals surface area contributed by atoms with E-state index in [1.54, 1.807) is 6.33 Å². The van der Waals surface area contributed by atoms with Crippen molar-refractivity contribution in [1.82, 2.24) is 15.0 Å². The molecule has 0 bridgehead atoms. The molecule has 0 saturated heterocycles. The summed E-state index contributed by atoms with van der Waals surface area (Å²) in [7, 11) is 0. The lowest BCUT2D eigenvalue weighted by Gasteiger charge is -2.12. The number of nitrogens with zero attached hydrogens (tertiary/aromatic N) is 3. The van der Waals surface area contributed by atoms with E-state index in [4.69, 9.17) is 4.98 Å². The smallest absolute Gasteiger partial charge is 0.133 e. The van der Waals surface area contributed by atoms with E-state index in [0.29, 0.717) is 0 Å². The lowest BCUT2D eigenvalue weighted by Crippen LogP contribution is -2.06. The Balaban J connectivity index is 2.15. The van der Waals surface area contributed by atoms with Crippen molar-refractivity contribution < 1.29 is 0 Å². The molecule has 4 nitrogen and oxygen atoms in total. The van der Waals surface area contributed by atoms with Gasteiger partial charge in [-0.1, -0.05) is 31.2 Å². The zero-order valence-electron chi connectivity index (χ0n) is 12.3. The molecule has 106 valence electrons. The van der Waals surface area contributed by atoms with Crippen LogP contribution in [0.2, 0.25) is 0 Å². The Hall–Kier alpha value is -2.49. The van der Waals surface area contributed by atoms with Crippen molar-refractivity contribution in [1.29, 1.82) is 0 Å². The van der Waals surface area contributed by atoms with Crippen molar-refractivity contribution in [3.8, 4) is 11.4 Å². The van der Waals surface area contributed by atoms with Crippen molar-refractivity contribution in [2.75, 3.05) is 11.9 Å². The molecule has 21 heavy (non-hydrogen) atoms. The third-order valence-electron chi connectivity index (χ3n) is 3.48. The molecule has 3 aromatic rings. The predicted octanol–water partition coefficient (Wildman–Crippen LogP) is 3.69. The molecule has 0 fully saturated rings. The average molecular weight is 278 g/mol. The SMILES string of the molecule is CCNc1ncnc(-c2ccc3ccccc3n2)c1CC. The van der Waals surface area contributed by atoms with Crippen LogP contribution in [0.15, 0.2) is 42.7 Å². The van der Waals surface area contributed by atoms with E-state index in [-0.39, 0.29) is 0 Å². The fraction of sp³-hybridized carbons (Fsp3) is 0.235. The van der Waals surface area contributed by atoms with Gasteiger partial charge in [0.05, 0.1) is 16.9 Å².